The zero-order chi connectivity index (χ0) is 13.2. The quantitative estimate of drug-likeness (QED) is 0.763. The summed E-state index contributed by atoms with van der Waals surface area (Å²) in [4.78, 5) is 0. The van der Waals surface area contributed by atoms with Crippen molar-refractivity contribution in [2.24, 2.45) is 23.2 Å². The lowest BCUT2D eigenvalue weighted by molar-refractivity contribution is -0.0741. The summed E-state index contributed by atoms with van der Waals surface area (Å²) in [6.07, 6.45) is 11.7. The fourth-order valence-corrected chi connectivity index (χ4v) is 5.10. The Bertz CT molecular complexity index is 262. The molecule has 0 bridgehead atoms. The Morgan fingerprint density at radius 3 is 2.61 bits per heavy atom. The molecule has 106 valence electrons. The Hall–Kier alpha value is -0.0400. The molecule has 0 aliphatic heterocycles. The minimum absolute atomic E-state index is 0.00669. The largest absolute Gasteiger partial charge is 0.393 e. The Morgan fingerprint density at radius 2 is 1.94 bits per heavy atom. The van der Waals surface area contributed by atoms with Crippen molar-refractivity contribution in [3.8, 4) is 0 Å². The lowest BCUT2D eigenvalue weighted by Gasteiger charge is -2.55. The minimum atomic E-state index is -0.00669. The normalized spacial score (nSPS) is 44.7. The van der Waals surface area contributed by atoms with Gasteiger partial charge in [0.2, 0.25) is 0 Å². The van der Waals surface area contributed by atoms with E-state index in [0.29, 0.717) is 5.41 Å². The van der Waals surface area contributed by atoms with Crippen molar-refractivity contribution in [3.05, 3.63) is 0 Å². The van der Waals surface area contributed by atoms with Gasteiger partial charge in [0.05, 0.1) is 6.10 Å². The molecule has 0 saturated heterocycles. The molecule has 2 rings (SSSR count). The van der Waals surface area contributed by atoms with Gasteiger partial charge in [-0.1, -0.05) is 46.5 Å². The lowest BCUT2D eigenvalue weighted by Crippen LogP contribution is -2.47. The number of aliphatic hydroxyl groups excluding tert-OH is 1. The highest BCUT2D eigenvalue weighted by Gasteiger charge is 2.49. The van der Waals surface area contributed by atoms with E-state index in [9.17, 15) is 5.11 Å². The molecule has 5 atom stereocenters. The van der Waals surface area contributed by atoms with Gasteiger partial charge in [-0.2, -0.15) is 0 Å². The van der Waals surface area contributed by atoms with Crippen LogP contribution in [-0.4, -0.2) is 11.2 Å². The van der Waals surface area contributed by atoms with Crippen LogP contribution >= 0.6 is 0 Å². The van der Waals surface area contributed by atoms with E-state index in [1.54, 1.807) is 0 Å². The third kappa shape index (κ3) is 2.61. The van der Waals surface area contributed by atoms with Gasteiger partial charge in [-0.05, 0) is 55.3 Å². The van der Waals surface area contributed by atoms with E-state index in [0.717, 1.165) is 30.6 Å². The van der Waals surface area contributed by atoms with Crippen molar-refractivity contribution in [2.45, 2.75) is 84.7 Å². The minimum Gasteiger partial charge on any atom is -0.393 e. The fourth-order valence-electron chi connectivity index (χ4n) is 5.10. The predicted octanol–water partition coefficient (Wildman–Crippen LogP) is 4.78. The van der Waals surface area contributed by atoms with E-state index in [1.165, 1.54) is 44.9 Å². The number of aliphatic hydroxyl groups is 1. The van der Waals surface area contributed by atoms with Gasteiger partial charge in [-0.3, -0.25) is 0 Å². The molecule has 0 aromatic carbocycles. The van der Waals surface area contributed by atoms with Crippen molar-refractivity contribution in [1.29, 1.82) is 0 Å². The molecule has 0 radical (unpaired) electrons. The Balaban J connectivity index is 2.09. The van der Waals surface area contributed by atoms with Gasteiger partial charge < -0.3 is 5.11 Å². The first kappa shape index (κ1) is 14.4. The molecule has 0 amide bonds. The van der Waals surface area contributed by atoms with Crippen molar-refractivity contribution >= 4 is 0 Å². The van der Waals surface area contributed by atoms with E-state index >= 15 is 0 Å². The molecule has 0 heterocycles. The van der Waals surface area contributed by atoms with E-state index < -0.39 is 0 Å². The molecular formula is C17H32O. The Labute approximate surface area is 113 Å². The zero-order valence-corrected chi connectivity index (χ0v) is 12.6. The SMILES string of the molecule is CCCC[C@@H]1CC[C@@H]2C[C@H](O)CC[C@]2(C)[C@H]1CC. The maximum Gasteiger partial charge on any atom is 0.0543 e. The smallest absolute Gasteiger partial charge is 0.0543 e. The van der Waals surface area contributed by atoms with Crippen molar-refractivity contribution < 1.29 is 5.11 Å². The first-order valence-electron chi connectivity index (χ1n) is 8.29. The van der Waals surface area contributed by atoms with Crippen LogP contribution in [0.2, 0.25) is 0 Å². The van der Waals surface area contributed by atoms with E-state index in [1.807, 2.05) is 0 Å². The summed E-state index contributed by atoms with van der Waals surface area (Å²) in [6, 6.07) is 0. The van der Waals surface area contributed by atoms with Crippen LogP contribution in [-0.2, 0) is 0 Å². The van der Waals surface area contributed by atoms with Crippen LogP contribution in [0.3, 0.4) is 0 Å². The van der Waals surface area contributed by atoms with Gasteiger partial charge in [0.25, 0.3) is 0 Å². The summed E-state index contributed by atoms with van der Waals surface area (Å²) in [5.41, 5.74) is 0.532. The molecule has 1 nitrogen and oxygen atoms in total. The maximum absolute atomic E-state index is 9.93. The molecular weight excluding hydrogens is 220 g/mol. The van der Waals surface area contributed by atoms with Crippen LogP contribution in [0.4, 0.5) is 0 Å². The monoisotopic (exact) mass is 252 g/mol. The van der Waals surface area contributed by atoms with Crippen molar-refractivity contribution in [2.75, 3.05) is 0 Å². The number of hydrogen-bond acceptors (Lipinski definition) is 1. The molecule has 0 aromatic heterocycles. The molecule has 18 heavy (non-hydrogen) atoms. The summed E-state index contributed by atoms with van der Waals surface area (Å²) in [5, 5.41) is 9.93. The molecule has 0 spiro atoms. The highest BCUT2D eigenvalue weighted by molar-refractivity contribution is 4.99. The van der Waals surface area contributed by atoms with E-state index in [4.69, 9.17) is 0 Å². The summed E-state index contributed by atoms with van der Waals surface area (Å²) < 4.78 is 0. The topological polar surface area (TPSA) is 20.2 Å². The zero-order valence-electron chi connectivity index (χ0n) is 12.6. The Morgan fingerprint density at radius 1 is 1.17 bits per heavy atom. The van der Waals surface area contributed by atoms with Gasteiger partial charge in [0.15, 0.2) is 0 Å². The molecule has 2 aliphatic carbocycles. The molecule has 2 saturated carbocycles. The van der Waals surface area contributed by atoms with Crippen LogP contribution in [0, 0.1) is 23.2 Å². The Kier molecular flexibility index (Phi) is 4.75. The molecule has 2 aliphatic rings. The summed E-state index contributed by atoms with van der Waals surface area (Å²) in [5.74, 6) is 2.67. The molecule has 0 aromatic rings. The highest BCUT2D eigenvalue weighted by Crippen LogP contribution is 2.57. The van der Waals surface area contributed by atoms with Crippen molar-refractivity contribution in [3.63, 3.8) is 0 Å². The van der Waals surface area contributed by atoms with E-state index in [-0.39, 0.29) is 6.10 Å². The summed E-state index contributed by atoms with van der Waals surface area (Å²) >= 11 is 0. The number of fused-ring (bicyclic) bond motifs is 1. The van der Waals surface area contributed by atoms with Gasteiger partial charge in [0, 0.05) is 0 Å². The third-order valence-electron chi connectivity index (χ3n) is 6.18. The molecule has 1 heteroatoms. The van der Waals surface area contributed by atoms with Crippen LogP contribution in [0.5, 0.6) is 0 Å². The van der Waals surface area contributed by atoms with E-state index in [2.05, 4.69) is 20.8 Å². The first-order chi connectivity index (χ1) is 8.61. The van der Waals surface area contributed by atoms with Crippen LogP contribution in [0.15, 0.2) is 0 Å². The van der Waals surface area contributed by atoms with Crippen LogP contribution in [0.25, 0.3) is 0 Å². The summed E-state index contributed by atoms with van der Waals surface area (Å²) in [6.45, 7) is 7.24. The van der Waals surface area contributed by atoms with Gasteiger partial charge in [-0.15, -0.1) is 0 Å². The highest BCUT2D eigenvalue weighted by atomic mass is 16.3. The maximum atomic E-state index is 9.93. The summed E-state index contributed by atoms with van der Waals surface area (Å²) in [7, 11) is 0. The average Bonchev–Trinajstić information content (AvgIpc) is 2.36. The lowest BCUT2D eigenvalue weighted by atomic mass is 9.51. The third-order valence-corrected chi connectivity index (χ3v) is 6.18. The average molecular weight is 252 g/mol. The second-order valence-corrected chi connectivity index (χ2v) is 7.13. The number of unbranched alkanes of at least 4 members (excludes halogenated alkanes) is 1. The molecule has 1 N–H and O–H groups in total. The van der Waals surface area contributed by atoms with Crippen LogP contribution < -0.4 is 0 Å². The first-order valence-corrected chi connectivity index (χ1v) is 8.29. The van der Waals surface area contributed by atoms with Crippen LogP contribution in [0.1, 0.15) is 78.6 Å². The van der Waals surface area contributed by atoms with Gasteiger partial charge >= 0.3 is 0 Å². The predicted molar refractivity (Wildman–Crippen MR) is 77.5 cm³/mol. The molecule has 0 unspecified atom stereocenters. The standard InChI is InChI=1S/C17H32O/c1-4-6-7-13-8-9-14-12-15(18)10-11-17(14,3)16(13)5-2/h13-16,18H,4-12H2,1-3H3/t13-,14-,15-,16+,17+/m1/s1. The van der Waals surface area contributed by atoms with Gasteiger partial charge in [0.1, 0.15) is 0 Å². The molecule has 2 fully saturated rings. The number of hydrogen-bond donors (Lipinski definition) is 1. The number of rotatable bonds is 4. The second-order valence-electron chi connectivity index (χ2n) is 7.13. The second kappa shape index (κ2) is 5.94. The van der Waals surface area contributed by atoms with Gasteiger partial charge in [-0.25, -0.2) is 0 Å². The fraction of sp³-hybridized carbons (Fsp3) is 1.00. The van der Waals surface area contributed by atoms with Crippen molar-refractivity contribution in [1.82, 2.24) is 0 Å².